The summed E-state index contributed by atoms with van der Waals surface area (Å²) in [6.45, 7) is -0.0473. The summed E-state index contributed by atoms with van der Waals surface area (Å²) in [5.74, 6) is 0.0285. The molecule has 0 unspecified atom stereocenters. The van der Waals surface area contributed by atoms with Crippen LogP contribution >= 0.6 is 0 Å². The number of aliphatic hydroxyl groups excluding tert-OH is 2. The minimum Gasteiger partial charge on any atom is -0.392 e. The van der Waals surface area contributed by atoms with Gasteiger partial charge in [0.2, 0.25) is 0 Å². The summed E-state index contributed by atoms with van der Waals surface area (Å²) in [5.41, 5.74) is 6.29. The highest BCUT2D eigenvalue weighted by Gasteiger charge is 2.46. The second-order valence-electron chi connectivity index (χ2n) is 7.88. The molecule has 0 bridgehead atoms. The normalized spacial score (nSPS) is 14.1. The van der Waals surface area contributed by atoms with Crippen LogP contribution in [0, 0.1) is 0 Å². The molecular weight excluding hydrogens is 384 g/mol. The fourth-order valence-electron chi connectivity index (χ4n) is 4.82. The zero-order chi connectivity index (χ0) is 21.4. The monoisotopic (exact) mass is 406 g/mol. The van der Waals surface area contributed by atoms with Crippen LogP contribution in [0.25, 0.3) is 0 Å². The number of hydrogen-bond acceptors (Lipinski definition) is 3. The molecular formula is C28H22O3. The molecule has 0 saturated heterocycles. The molecule has 0 saturated carbocycles. The van der Waals surface area contributed by atoms with E-state index in [0.29, 0.717) is 11.1 Å². The third-order valence-corrected chi connectivity index (χ3v) is 6.29. The minimum absolute atomic E-state index is 0.0237. The molecule has 2 N–H and O–H groups in total. The van der Waals surface area contributed by atoms with Crippen LogP contribution in [0.3, 0.4) is 0 Å². The van der Waals surface area contributed by atoms with Gasteiger partial charge < -0.3 is 10.2 Å². The summed E-state index contributed by atoms with van der Waals surface area (Å²) in [6, 6.07) is 31.5. The van der Waals surface area contributed by atoms with Crippen molar-refractivity contribution in [2.75, 3.05) is 0 Å². The van der Waals surface area contributed by atoms with Gasteiger partial charge in [-0.2, -0.15) is 0 Å². The first-order chi connectivity index (χ1) is 15.2. The van der Waals surface area contributed by atoms with Crippen molar-refractivity contribution in [1.29, 1.82) is 0 Å². The topological polar surface area (TPSA) is 57.5 Å². The standard InChI is InChI=1S/C28H22O3/c29-17-19-9-13-21(14-10-19)28(22-15-11-20(18-30)12-16-22)25-7-3-1-5-23(25)27(31)24-6-2-4-8-26(24)28/h1-16,29-30H,17-18H2. The van der Waals surface area contributed by atoms with E-state index in [0.717, 1.165) is 33.4 Å². The van der Waals surface area contributed by atoms with Gasteiger partial charge in [0.25, 0.3) is 0 Å². The van der Waals surface area contributed by atoms with E-state index in [2.05, 4.69) is 0 Å². The lowest BCUT2D eigenvalue weighted by Gasteiger charge is -2.41. The summed E-state index contributed by atoms with van der Waals surface area (Å²) >= 11 is 0. The van der Waals surface area contributed by atoms with Crippen LogP contribution in [0.5, 0.6) is 0 Å². The predicted octanol–water partition coefficient (Wildman–Crippen LogP) is 4.60. The molecule has 0 aliphatic heterocycles. The van der Waals surface area contributed by atoms with Crippen LogP contribution in [0.4, 0.5) is 0 Å². The number of aliphatic hydroxyl groups is 2. The number of rotatable bonds is 4. The molecule has 152 valence electrons. The van der Waals surface area contributed by atoms with E-state index in [1.165, 1.54) is 0 Å². The van der Waals surface area contributed by atoms with Crippen LogP contribution < -0.4 is 0 Å². The molecule has 0 fully saturated rings. The lowest BCUT2D eigenvalue weighted by Crippen LogP contribution is -2.38. The van der Waals surface area contributed by atoms with Crippen molar-refractivity contribution in [3.05, 3.63) is 142 Å². The molecule has 5 rings (SSSR count). The number of carbonyl (C=O) groups is 1. The van der Waals surface area contributed by atoms with Gasteiger partial charge in [-0.3, -0.25) is 4.79 Å². The average molecular weight is 406 g/mol. The fraction of sp³-hybridized carbons (Fsp3) is 0.107. The zero-order valence-corrected chi connectivity index (χ0v) is 17.0. The minimum atomic E-state index is -0.691. The molecule has 3 nitrogen and oxygen atoms in total. The van der Waals surface area contributed by atoms with Gasteiger partial charge in [0.1, 0.15) is 0 Å². The number of hydrogen-bond donors (Lipinski definition) is 2. The molecule has 0 atom stereocenters. The zero-order valence-electron chi connectivity index (χ0n) is 17.0. The van der Waals surface area contributed by atoms with Crippen molar-refractivity contribution >= 4 is 5.78 Å². The predicted molar refractivity (Wildman–Crippen MR) is 120 cm³/mol. The van der Waals surface area contributed by atoms with E-state index in [4.69, 9.17) is 0 Å². The van der Waals surface area contributed by atoms with Crippen LogP contribution in [0.2, 0.25) is 0 Å². The van der Waals surface area contributed by atoms with Gasteiger partial charge in [-0.1, -0.05) is 97.1 Å². The molecule has 1 aliphatic rings. The highest BCUT2D eigenvalue weighted by Crippen LogP contribution is 2.50. The Morgan fingerprint density at radius 3 is 1.32 bits per heavy atom. The molecule has 0 radical (unpaired) electrons. The Morgan fingerprint density at radius 2 is 0.935 bits per heavy atom. The quantitative estimate of drug-likeness (QED) is 0.459. The summed E-state index contributed by atoms with van der Waals surface area (Å²) < 4.78 is 0. The van der Waals surface area contributed by atoms with E-state index in [9.17, 15) is 15.0 Å². The summed E-state index contributed by atoms with van der Waals surface area (Å²) in [6.07, 6.45) is 0. The third-order valence-electron chi connectivity index (χ3n) is 6.29. The Morgan fingerprint density at radius 1 is 0.548 bits per heavy atom. The second kappa shape index (κ2) is 7.62. The van der Waals surface area contributed by atoms with E-state index in [1.54, 1.807) is 0 Å². The van der Waals surface area contributed by atoms with Gasteiger partial charge in [-0.25, -0.2) is 0 Å². The molecule has 31 heavy (non-hydrogen) atoms. The first-order valence-corrected chi connectivity index (χ1v) is 10.3. The smallest absolute Gasteiger partial charge is 0.193 e. The molecule has 0 aromatic heterocycles. The van der Waals surface area contributed by atoms with Crippen molar-refractivity contribution in [1.82, 2.24) is 0 Å². The van der Waals surface area contributed by atoms with Gasteiger partial charge in [0, 0.05) is 11.1 Å². The second-order valence-corrected chi connectivity index (χ2v) is 7.88. The van der Waals surface area contributed by atoms with Gasteiger partial charge in [-0.05, 0) is 33.4 Å². The van der Waals surface area contributed by atoms with Crippen molar-refractivity contribution in [2.24, 2.45) is 0 Å². The Labute approximate surface area is 181 Å². The Bertz CT molecular complexity index is 1160. The highest BCUT2D eigenvalue weighted by atomic mass is 16.3. The largest absolute Gasteiger partial charge is 0.392 e. The van der Waals surface area contributed by atoms with E-state index < -0.39 is 5.41 Å². The molecule has 0 amide bonds. The average Bonchev–Trinajstić information content (AvgIpc) is 2.85. The van der Waals surface area contributed by atoms with Gasteiger partial charge in [0.15, 0.2) is 5.78 Å². The first kappa shape index (κ1) is 19.4. The number of ketones is 1. The van der Waals surface area contributed by atoms with Crippen LogP contribution in [0.1, 0.15) is 49.3 Å². The molecule has 0 heterocycles. The SMILES string of the molecule is O=C1c2ccccc2C(c2ccc(CO)cc2)(c2ccc(CO)cc2)c2ccccc21. The van der Waals surface area contributed by atoms with Crippen LogP contribution in [-0.2, 0) is 18.6 Å². The lowest BCUT2D eigenvalue weighted by molar-refractivity contribution is 0.103. The van der Waals surface area contributed by atoms with Crippen molar-refractivity contribution in [2.45, 2.75) is 18.6 Å². The first-order valence-electron chi connectivity index (χ1n) is 10.3. The molecule has 0 spiro atoms. The third kappa shape index (κ3) is 2.86. The Balaban J connectivity index is 1.92. The van der Waals surface area contributed by atoms with E-state index in [-0.39, 0.29) is 19.0 Å². The molecule has 3 heteroatoms. The maximum absolute atomic E-state index is 13.4. The van der Waals surface area contributed by atoms with Gasteiger partial charge in [-0.15, -0.1) is 0 Å². The van der Waals surface area contributed by atoms with Crippen LogP contribution in [-0.4, -0.2) is 16.0 Å². The van der Waals surface area contributed by atoms with E-state index >= 15 is 0 Å². The Hall–Kier alpha value is -3.53. The van der Waals surface area contributed by atoms with Gasteiger partial charge >= 0.3 is 0 Å². The summed E-state index contributed by atoms with van der Waals surface area (Å²) in [4.78, 5) is 13.4. The number of fused-ring (bicyclic) bond motifs is 2. The summed E-state index contributed by atoms with van der Waals surface area (Å²) in [5, 5.41) is 19.1. The van der Waals surface area contributed by atoms with Gasteiger partial charge in [0.05, 0.1) is 18.6 Å². The van der Waals surface area contributed by atoms with Crippen LogP contribution in [0.15, 0.2) is 97.1 Å². The molecule has 4 aromatic rings. The summed E-state index contributed by atoms with van der Waals surface area (Å²) in [7, 11) is 0. The molecule has 4 aromatic carbocycles. The van der Waals surface area contributed by atoms with E-state index in [1.807, 2.05) is 97.1 Å². The fourth-order valence-corrected chi connectivity index (χ4v) is 4.82. The lowest BCUT2D eigenvalue weighted by atomic mass is 9.59. The molecule has 1 aliphatic carbocycles. The van der Waals surface area contributed by atoms with Crippen molar-refractivity contribution < 1.29 is 15.0 Å². The maximum Gasteiger partial charge on any atom is 0.193 e. The maximum atomic E-state index is 13.4. The van der Waals surface area contributed by atoms with Crippen molar-refractivity contribution in [3.63, 3.8) is 0 Å². The number of benzene rings is 4. The Kier molecular flexibility index (Phi) is 4.78. The number of carbonyl (C=O) groups excluding carboxylic acids is 1. The van der Waals surface area contributed by atoms with Crippen molar-refractivity contribution in [3.8, 4) is 0 Å². The highest BCUT2D eigenvalue weighted by molar-refractivity contribution is 6.14.